The summed E-state index contributed by atoms with van der Waals surface area (Å²) in [5.74, 6) is -5.08. The largest absolute Gasteiger partial charge is 0.542 e. The molecule has 0 unspecified atom stereocenters. The summed E-state index contributed by atoms with van der Waals surface area (Å²) in [6.07, 6.45) is 10.9. The van der Waals surface area contributed by atoms with Crippen LogP contribution in [0.4, 0.5) is 13.2 Å². The zero-order valence-electron chi connectivity index (χ0n) is 40.4. The molecule has 1 aromatic rings. The molecular formula is C46H72ClF3FeN8O12. The molecule has 1 aliphatic carbocycles. The van der Waals surface area contributed by atoms with Gasteiger partial charge in [-0.1, -0.05) is 25.7 Å². The molecule has 1 saturated carbocycles. The normalized spacial score (nSPS) is 15.7. The van der Waals surface area contributed by atoms with Crippen LogP contribution >= 0.6 is 11.6 Å². The summed E-state index contributed by atoms with van der Waals surface area (Å²) in [7, 11) is 0. The van der Waals surface area contributed by atoms with E-state index in [4.69, 9.17) is 21.5 Å². The molecule has 404 valence electrons. The van der Waals surface area contributed by atoms with Gasteiger partial charge in [0.15, 0.2) is 12.4 Å². The first-order valence-electron chi connectivity index (χ1n) is 24.2. The second-order valence-electron chi connectivity index (χ2n) is 17.5. The third kappa shape index (κ3) is 27.9. The van der Waals surface area contributed by atoms with Gasteiger partial charge in [0.2, 0.25) is 29.5 Å². The minimum Gasteiger partial charge on any atom is -0.542 e. The van der Waals surface area contributed by atoms with Crippen molar-refractivity contribution in [3.63, 3.8) is 0 Å². The predicted octanol–water partition coefficient (Wildman–Crippen LogP) is 3.19. The van der Waals surface area contributed by atoms with Crippen molar-refractivity contribution in [2.45, 2.75) is 178 Å². The SMILES string of the molecule is CC(=O)N(O)CCCCCCC(=O)CCC(=O)N(O)CCCCCNC(=O)CCC(=O)N(O)CCCCCNC(=O)CCC(=O)CCc1cc[n+](C2(Cl)N[C@@H]3CCCC[C@H]3N2)cc1.O=C([O-])C(F)(F)F.[Fe]. The topological polar surface area (TPSA) is 282 Å². The van der Waals surface area contributed by atoms with Gasteiger partial charge >= 0.3 is 11.4 Å². The molecule has 5 amide bonds. The van der Waals surface area contributed by atoms with Gasteiger partial charge in [0, 0.05) is 132 Å². The number of carbonyl (C=O) groups excluding carboxylic acids is 8. The number of aryl methyl sites for hydroxylation is 1. The Morgan fingerprint density at radius 2 is 1.07 bits per heavy atom. The number of Topliss-reactive ketones (excluding diaryl/α,β-unsaturated/α-hetero) is 2. The second-order valence-corrected chi connectivity index (χ2v) is 18.1. The van der Waals surface area contributed by atoms with Gasteiger partial charge in [0.25, 0.3) is 0 Å². The number of rotatable bonds is 32. The van der Waals surface area contributed by atoms with E-state index in [2.05, 4.69) is 21.3 Å². The van der Waals surface area contributed by atoms with E-state index in [0.29, 0.717) is 111 Å². The maximum Gasteiger partial charge on any atom is 0.430 e. The molecule has 0 radical (unpaired) electrons. The number of halogens is 4. The molecule has 71 heavy (non-hydrogen) atoms. The Balaban J connectivity index is 0.00000292. The number of nitrogens with zero attached hydrogens (tertiary/aromatic N) is 4. The summed E-state index contributed by atoms with van der Waals surface area (Å²) in [5, 5.41) is 51.8. The molecule has 2 heterocycles. The molecule has 1 aromatic heterocycles. The van der Waals surface area contributed by atoms with E-state index in [1.807, 2.05) is 29.1 Å². The van der Waals surface area contributed by atoms with Gasteiger partial charge in [0.05, 0.1) is 0 Å². The van der Waals surface area contributed by atoms with E-state index >= 15 is 0 Å². The minimum atomic E-state index is -5.19. The van der Waals surface area contributed by atoms with Crippen LogP contribution in [0.3, 0.4) is 0 Å². The minimum absolute atomic E-state index is 0. The summed E-state index contributed by atoms with van der Waals surface area (Å²) < 4.78 is 33.5. The van der Waals surface area contributed by atoms with Crippen molar-refractivity contribution in [2.75, 3.05) is 32.7 Å². The van der Waals surface area contributed by atoms with Gasteiger partial charge in [-0.2, -0.15) is 17.7 Å². The van der Waals surface area contributed by atoms with E-state index in [1.165, 1.54) is 19.8 Å². The van der Waals surface area contributed by atoms with Crippen LogP contribution in [0.15, 0.2) is 24.5 Å². The number of amides is 5. The molecule has 1 aliphatic heterocycles. The van der Waals surface area contributed by atoms with Crippen molar-refractivity contribution >= 4 is 58.7 Å². The summed E-state index contributed by atoms with van der Waals surface area (Å²) in [4.78, 5) is 93.2. The summed E-state index contributed by atoms with van der Waals surface area (Å²) in [6, 6.07) is 4.65. The zero-order chi connectivity index (χ0) is 52.1. The molecule has 0 spiro atoms. The Kier molecular flexibility index (Phi) is 31.9. The second kappa shape index (κ2) is 35.0. The number of carboxylic acids is 1. The monoisotopic (exact) mass is 1080 g/mol. The number of aromatic nitrogens is 1. The van der Waals surface area contributed by atoms with Gasteiger partial charge in [-0.15, -0.1) is 0 Å². The van der Waals surface area contributed by atoms with E-state index in [0.717, 1.165) is 31.2 Å². The molecule has 0 aromatic carbocycles. The van der Waals surface area contributed by atoms with Crippen LogP contribution < -0.4 is 30.9 Å². The third-order valence-electron chi connectivity index (χ3n) is 11.8. The van der Waals surface area contributed by atoms with E-state index < -0.39 is 35.1 Å². The average molecular weight is 1080 g/mol. The molecule has 2 aliphatic rings. The fourth-order valence-corrected chi connectivity index (χ4v) is 8.00. The molecule has 3 rings (SSSR count). The maximum atomic E-state index is 12.5. The predicted molar refractivity (Wildman–Crippen MR) is 243 cm³/mol. The van der Waals surface area contributed by atoms with Crippen LogP contribution in [0.25, 0.3) is 0 Å². The van der Waals surface area contributed by atoms with Crippen molar-refractivity contribution < 1.29 is 93.9 Å². The first kappa shape index (κ1) is 64.7. The number of carboxylic acid groups (broad SMARTS) is 1. The number of fused-ring (bicyclic) bond motifs is 1. The molecule has 20 nitrogen and oxygen atoms in total. The number of hydrogen-bond donors (Lipinski definition) is 7. The van der Waals surface area contributed by atoms with Crippen LogP contribution in [0.1, 0.15) is 154 Å². The smallest absolute Gasteiger partial charge is 0.430 e. The number of carbonyl (C=O) groups is 8. The Labute approximate surface area is 428 Å². The molecule has 7 N–H and O–H groups in total. The number of nitrogens with one attached hydrogen (secondary N) is 4. The van der Waals surface area contributed by atoms with E-state index in [-0.39, 0.29) is 98.6 Å². The van der Waals surface area contributed by atoms with Crippen molar-refractivity contribution in [3.8, 4) is 0 Å². The fourth-order valence-electron chi connectivity index (χ4n) is 7.60. The summed E-state index contributed by atoms with van der Waals surface area (Å²) in [5.41, 5.74) is 1.02. The standard InChI is InChI=1S/C44H71ClN8O10.C2HF3O2.Fe/c1-34(54)51(61)29-11-3-2-6-14-36(55)20-23-42(59)52(62)30-12-5-10-28-47-41(58)22-24-43(60)53(63)31-13-4-9-27-46-40(57)21-19-37(56)18-17-35-25-32-50(33-26-35)44(45)48-38-15-7-8-16-39(38)49-44;3-2(4,5)1(6)7;/h25-26,32-33,38-39,48-49,61-63H,2-24,27-31H2,1H3,(H-,46,47,57,58);(H,6,7);/t38-,39-;;/m1../s1. The number of hydrogen-bond acceptors (Lipinski definition) is 14. The number of alkyl halides is 4. The fraction of sp³-hybridized carbons (Fsp3) is 0.717. The average Bonchev–Trinajstić information content (AvgIpc) is 3.68. The first-order valence-corrected chi connectivity index (χ1v) is 24.5. The van der Waals surface area contributed by atoms with Crippen molar-refractivity contribution in [2.24, 2.45) is 0 Å². The zero-order valence-corrected chi connectivity index (χ0v) is 42.3. The number of ketones is 2. The Bertz CT molecular complexity index is 1820. The Hall–Kier alpha value is -4.29. The Morgan fingerprint density at radius 1 is 0.662 bits per heavy atom. The quantitative estimate of drug-likeness (QED) is 0.0104. The van der Waals surface area contributed by atoms with Crippen molar-refractivity contribution in [1.82, 2.24) is 36.5 Å². The molecule has 0 bridgehead atoms. The number of unbranched alkanes of at least 4 members (excludes halogenated alkanes) is 7. The van der Waals surface area contributed by atoms with E-state index in [9.17, 15) is 62.4 Å². The van der Waals surface area contributed by atoms with Crippen LogP contribution in [-0.2, 0) is 67.1 Å². The van der Waals surface area contributed by atoms with Crippen LogP contribution in [-0.4, -0.2) is 129 Å². The Morgan fingerprint density at radius 3 is 1.55 bits per heavy atom. The molecule has 2 atom stereocenters. The van der Waals surface area contributed by atoms with Crippen LogP contribution in [0.5, 0.6) is 0 Å². The van der Waals surface area contributed by atoms with Crippen LogP contribution in [0, 0.1) is 0 Å². The number of hydroxylamine groups is 6. The summed E-state index contributed by atoms with van der Waals surface area (Å²) in [6.45, 7) is 2.51. The van der Waals surface area contributed by atoms with Crippen LogP contribution in [0.2, 0.25) is 0 Å². The maximum absolute atomic E-state index is 12.5. The van der Waals surface area contributed by atoms with Gasteiger partial charge in [-0.05, 0) is 87.8 Å². The molecule has 2 fully saturated rings. The third-order valence-corrected chi connectivity index (χ3v) is 12.2. The number of aliphatic carboxylic acids is 1. The van der Waals surface area contributed by atoms with Gasteiger partial charge in [-0.25, -0.2) is 25.8 Å². The molecular weight excluding hydrogens is 1000 g/mol. The van der Waals surface area contributed by atoms with Gasteiger partial charge in [-0.3, -0.25) is 49.2 Å². The van der Waals surface area contributed by atoms with Crippen molar-refractivity contribution in [3.05, 3.63) is 30.1 Å². The summed E-state index contributed by atoms with van der Waals surface area (Å²) >= 11 is 6.88. The molecule has 25 heteroatoms. The first-order chi connectivity index (χ1) is 33.1. The van der Waals surface area contributed by atoms with Crippen molar-refractivity contribution in [1.29, 1.82) is 0 Å². The van der Waals surface area contributed by atoms with E-state index in [1.54, 1.807) is 0 Å². The molecule has 1 saturated heterocycles. The number of pyridine rings is 1. The van der Waals surface area contributed by atoms with Gasteiger partial charge < -0.3 is 20.5 Å². The van der Waals surface area contributed by atoms with Gasteiger partial charge in [0.1, 0.15) is 17.5 Å².